The van der Waals surface area contributed by atoms with Gasteiger partial charge in [-0.2, -0.15) is 0 Å². The average Bonchev–Trinajstić information content (AvgIpc) is 2.43. The van der Waals surface area contributed by atoms with Gasteiger partial charge >= 0.3 is 0 Å². The van der Waals surface area contributed by atoms with Gasteiger partial charge in [0.25, 0.3) is 0 Å². The first-order valence-corrected chi connectivity index (χ1v) is 8.73. The molecule has 2 saturated carbocycles. The normalized spacial score (nSPS) is 48.8. The average molecular weight is 288 g/mol. The van der Waals surface area contributed by atoms with Crippen molar-refractivity contribution in [2.75, 3.05) is 0 Å². The van der Waals surface area contributed by atoms with Crippen molar-refractivity contribution >= 4 is 0 Å². The van der Waals surface area contributed by atoms with Crippen LogP contribution in [0.25, 0.3) is 0 Å². The van der Waals surface area contributed by atoms with Gasteiger partial charge in [0.1, 0.15) is 0 Å². The number of allylic oxidation sites excluding steroid dienone is 3. The second-order valence-electron chi connectivity index (χ2n) is 9.10. The maximum absolute atomic E-state index is 10.9. The first-order valence-electron chi connectivity index (χ1n) is 8.73. The zero-order valence-corrected chi connectivity index (χ0v) is 14.3. The third-order valence-electron chi connectivity index (χ3n) is 7.39. The van der Waals surface area contributed by atoms with E-state index in [0.717, 1.165) is 25.7 Å². The fourth-order valence-corrected chi connectivity index (χ4v) is 5.82. The van der Waals surface area contributed by atoms with Gasteiger partial charge in [0, 0.05) is 5.41 Å². The van der Waals surface area contributed by atoms with E-state index in [0.29, 0.717) is 17.3 Å². The molecule has 0 aliphatic heterocycles. The Kier molecular flexibility index (Phi) is 3.44. The first kappa shape index (κ1) is 15.3. The van der Waals surface area contributed by atoms with Crippen LogP contribution in [0.3, 0.4) is 0 Å². The van der Waals surface area contributed by atoms with Crippen LogP contribution in [0.4, 0.5) is 0 Å². The molecule has 0 bridgehead atoms. The maximum Gasteiger partial charge on any atom is 0.0602 e. The summed E-state index contributed by atoms with van der Waals surface area (Å²) in [4.78, 5) is 0. The van der Waals surface area contributed by atoms with Crippen LogP contribution in [-0.2, 0) is 0 Å². The summed E-state index contributed by atoms with van der Waals surface area (Å²) < 4.78 is 0. The quantitative estimate of drug-likeness (QED) is 0.665. The standard InChI is InChI=1S/C20H32O/c1-6-19(4)12-9-15-14(13-19)7-8-16-18(2,3)11-10-17(21)20(15,16)5/h6-7,15-17,21H,1,8-13H2,2-5H3/t15-,16-,17+,19-,20+/m0/s1. The predicted molar refractivity (Wildman–Crippen MR) is 89.0 cm³/mol. The van der Waals surface area contributed by atoms with Crippen molar-refractivity contribution < 1.29 is 5.11 Å². The SMILES string of the molecule is C=C[C@@]1(C)CC[C@H]2C(=CC[C@H]3C(C)(C)CC[C@@H](O)[C@]23C)C1. The predicted octanol–water partition coefficient (Wildman–Crippen LogP) is 5.11. The summed E-state index contributed by atoms with van der Waals surface area (Å²) in [6.45, 7) is 13.6. The van der Waals surface area contributed by atoms with Gasteiger partial charge in [-0.15, -0.1) is 6.58 Å². The van der Waals surface area contributed by atoms with E-state index in [4.69, 9.17) is 0 Å². The van der Waals surface area contributed by atoms with Crippen molar-refractivity contribution in [3.05, 3.63) is 24.3 Å². The molecule has 0 spiro atoms. The molecule has 0 amide bonds. The maximum atomic E-state index is 10.9. The largest absolute Gasteiger partial charge is 0.393 e. The number of hydrogen-bond acceptors (Lipinski definition) is 1. The minimum atomic E-state index is -0.127. The van der Waals surface area contributed by atoms with E-state index in [1.54, 1.807) is 5.57 Å². The Morgan fingerprint density at radius 3 is 2.57 bits per heavy atom. The van der Waals surface area contributed by atoms with Gasteiger partial charge in [-0.05, 0) is 61.2 Å². The molecule has 0 saturated heterocycles. The first-order chi connectivity index (χ1) is 9.73. The van der Waals surface area contributed by atoms with Crippen molar-refractivity contribution in [2.24, 2.45) is 28.1 Å². The van der Waals surface area contributed by atoms with E-state index in [1.165, 1.54) is 12.8 Å². The number of hydrogen-bond donors (Lipinski definition) is 1. The summed E-state index contributed by atoms with van der Waals surface area (Å²) in [6.07, 6.45) is 11.4. The zero-order valence-electron chi connectivity index (χ0n) is 14.3. The Labute approximate surface area is 130 Å². The minimum Gasteiger partial charge on any atom is -0.393 e. The Bertz CT molecular complexity index is 474. The second-order valence-corrected chi connectivity index (χ2v) is 9.10. The molecule has 3 aliphatic rings. The molecule has 1 nitrogen and oxygen atoms in total. The lowest BCUT2D eigenvalue weighted by atomic mass is 9.45. The highest BCUT2D eigenvalue weighted by Crippen LogP contribution is 2.63. The Balaban J connectivity index is 1.99. The van der Waals surface area contributed by atoms with Gasteiger partial charge in [0.05, 0.1) is 6.10 Å². The van der Waals surface area contributed by atoms with E-state index in [9.17, 15) is 5.11 Å². The Morgan fingerprint density at radius 2 is 1.90 bits per heavy atom. The topological polar surface area (TPSA) is 20.2 Å². The highest BCUT2D eigenvalue weighted by Gasteiger charge is 2.57. The summed E-state index contributed by atoms with van der Waals surface area (Å²) in [5, 5.41) is 10.9. The van der Waals surface area contributed by atoms with Crippen molar-refractivity contribution in [1.29, 1.82) is 0 Å². The van der Waals surface area contributed by atoms with Crippen LogP contribution < -0.4 is 0 Å². The van der Waals surface area contributed by atoms with Gasteiger partial charge in [-0.25, -0.2) is 0 Å². The van der Waals surface area contributed by atoms with E-state index in [1.807, 2.05) is 0 Å². The van der Waals surface area contributed by atoms with Crippen LogP contribution in [0, 0.1) is 28.1 Å². The highest BCUT2D eigenvalue weighted by atomic mass is 16.3. The zero-order chi connectivity index (χ0) is 15.5. The fraction of sp³-hybridized carbons (Fsp3) is 0.800. The number of fused-ring (bicyclic) bond motifs is 3. The van der Waals surface area contributed by atoms with Crippen molar-refractivity contribution in [1.82, 2.24) is 0 Å². The fourth-order valence-electron chi connectivity index (χ4n) is 5.82. The third kappa shape index (κ3) is 2.15. The van der Waals surface area contributed by atoms with Crippen molar-refractivity contribution in [2.45, 2.75) is 72.3 Å². The van der Waals surface area contributed by atoms with Crippen molar-refractivity contribution in [3.8, 4) is 0 Å². The van der Waals surface area contributed by atoms with Crippen LogP contribution in [0.5, 0.6) is 0 Å². The minimum absolute atomic E-state index is 0.0777. The molecule has 0 aromatic heterocycles. The summed E-state index contributed by atoms with van der Waals surface area (Å²) in [7, 11) is 0. The summed E-state index contributed by atoms with van der Waals surface area (Å²) in [5.41, 5.74) is 2.31. The van der Waals surface area contributed by atoms with Crippen LogP contribution in [0.2, 0.25) is 0 Å². The summed E-state index contributed by atoms with van der Waals surface area (Å²) in [6, 6.07) is 0. The Morgan fingerprint density at radius 1 is 1.19 bits per heavy atom. The molecule has 0 heterocycles. The van der Waals surface area contributed by atoms with Gasteiger partial charge in [-0.1, -0.05) is 45.4 Å². The molecule has 3 rings (SSSR count). The molecule has 0 aromatic carbocycles. The third-order valence-corrected chi connectivity index (χ3v) is 7.39. The lowest BCUT2D eigenvalue weighted by Crippen LogP contribution is -2.57. The summed E-state index contributed by atoms with van der Waals surface area (Å²) in [5.74, 6) is 1.20. The van der Waals surface area contributed by atoms with E-state index >= 15 is 0 Å². The lowest BCUT2D eigenvalue weighted by Gasteiger charge is -2.61. The molecule has 2 fully saturated rings. The monoisotopic (exact) mass is 288 g/mol. The number of aliphatic hydroxyl groups excluding tert-OH is 1. The second kappa shape index (κ2) is 4.72. The van der Waals surface area contributed by atoms with Crippen LogP contribution in [0.15, 0.2) is 24.3 Å². The molecule has 0 aromatic rings. The highest BCUT2D eigenvalue weighted by molar-refractivity contribution is 5.26. The molecule has 1 heteroatoms. The molecule has 3 aliphatic carbocycles. The van der Waals surface area contributed by atoms with Crippen LogP contribution >= 0.6 is 0 Å². The number of aliphatic hydroxyl groups is 1. The van der Waals surface area contributed by atoms with Gasteiger partial charge in [-0.3, -0.25) is 0 Å². The van der Waals surface area contributed by atoms with Crippen molar-refractivity contribution in [3.63, 3.8) is 0 Å². The summed E-state index contributed by atoms with van der Waals surface area (Å²) >= 11 is 0. The smallest absolute Gasteiger partial charge is 0.0602 e. The molecule has 5 atom stereocenters. The molecular formula is C20H32O. The Hall–Kier alpha value is -0.560. The molecule has 118 valence electrons. The lowest BCUT2D eigenvalue weighted by molar-refractivity contribution is -0.134. The van der Waals surface area contributed by atoms with Crippen LogP contribution in [0.1, 0.15) is 66.2 Å². The molecular weight excluding hydrogens is 256 g/mol. The number of rotatable bonds is 1. The molecule has 0 unspecified atom stereocenters. The molecule has 0 radical (unpaired) electrons. The van der Waals surface area contributed by atoms with Gasteiger partial charge in [0.15, 0.2) is 0 Å². The van der Waals surface area contributed by atoms with E-state index in [2.05, 4.69) is 46.4 Å². The van der Waals surface area contributed by atoms with E-state index in [-0.39, 0.29) is 16.9 Å². The van der Waals surface area contributed by atoms with Gasteiger partial charge in [0.2, 0.25) is 0 Å². The van der Waals surface area contributed by atoms with E-state index < -0.39 is 0 Å². The van der Waals surface area contributed by atoms with Crippen LogP contribution in [-0.4, -0.2) is 11.2 Å². The molecule has 21 heavy (non-hydrogen) atoms. The molecule has 1 N–H and O–H groups in total. The van der Waals surface area contributed by atoms with Gasteiger partial charge < -0.3 is 5.11 Å².